The Kier molecular flexibility index (Phi) is 4.43. The summed E-state index contributed by atoms with van der Waals surface area (Å²) in [5.74, 6) is 0.967. The average Bonchev–Trinajstić information content (AvgIpc) is 2.36. The molecule has 4 fully saturated rings. The summed E-state index contributed by atoms with van der Waals surface area (Å²) in [5.41, 5.74) is 8.42. The molecule has 0 aromatic heterocycles. The predicted octanol–water partition coefficient (Wildman–Crippen LogP) is 5.81. The zero-order chi connectivity index (χ0) is 15.0. The number of rotatable bonds is 8. The largest absolute Gasteiger partial charge is 0.325 e. The number of unbranched alkanes of at least 4 members (excludes halogenated alkanes) is 4. The van der Waals surface area contributed by atoms with Crippen LogP contribution in [0, 0.1) is 16.7 Å². The van der Waals surface area contributed by atoms with Gasteiger partial charge in [-0.15, -0.1) is 0 Å². The van der Waals surface area contributed by atoms with Crippen LogP contribution < -0.4 is 5.73 Å². The molecular formula is C20H37N. The molecule has 4 aliphatic carbocycles. The molecule has 0 amide bonds. The standard InChI is InChI=1S/C20H37N/c1-3-5-7-9-18-11-17-12-19(14-18,10-8-6-4-2)16-20(21,13-17)15-18/h17H,3-16,21H2,1-2H3. The van der Waals surface area contributed by atoms with Gasteiger partial charge in [0.05, 0.1) is 0 Å². The van der Waals surface area contributed by atoms with E-state index in [2.05, 4.69) is 13.8 Å². The first-order valence-corrected chi connectivity index (χ1v) is 9.82. The van der Waals surface area contributed by atoms with Gasteiger partial charge in [0.15, 0.2) is 0 Å². The van der Waals surface area contributed by atoms with Gasteiger partial charge in [0.25, 0.3) is 0 Å². The Hall–Kier alpha value is -0.0400. The van der Waals surface area contributed by atoms with Crippen LogP contribution in [0.2, 0.25) is 0 Å². The van der Waals surface area contributed by atoms with Crippen LogP contribution in [-0.4, -0.2) is 5.54 Å². The van der Waals surface area contributed by atoms with E-state index in [0.717, 1.165) is 5.92 Å². The lowest BCUT2D eigenvalue weighted by Crippen LogP contribution is -2.63. The van der Waals surface area contributed by atoms with Gasteiger partial charge in [-0.1, -0.05) is 52.4 Å². The second kappa shape index (κ2) is 5.87. The first-order valence-electron chi connectivity index (χ1n) is 9.82. The molecule has 0 radical (unpaired) electrons. The van der Waals surface area contributed by atoms with Crippen LogP contribution in [-0.2, 0) is 0 Å². The van der Waals surface area contributed by atoms with Crippen molar-refractivity contribution in [3.05, 3.63) is 0 Å². The minimum absolute atomic E-state index is 0.220. The fourth-order valence-electron chi connectivity index (χ4n) is 6.98. The predicted molar refractivity (Wildman–Crippen MR) is 91.3 cm³/mol. The Bertz CT molecular complexity index is 335. The van der Waals surface area contributed by atoms with E-state index < -0.39 is 0 Å². The van der Waals surface area contributed by atoms with Gasteiger partial charge >= 0.3 is 0 Å². The van der Waals surface area contributed by atoms with Crippen molar-refractivity contribution >= 4 is 0 Å². The zero-order valence-electron chi connectivity index (χ0n) is 14.6. The monoisotopic (exact) mass is 291 g/mol. The van der Waals surface area contributed by atoms with E-state index in [1.165, 1.54) is 89.9 Å². The maximum atomic E-state index is 6.90. The van der Waals surface area contributed by atoms with Gasteiger partial charge in [-0.05, 0) is 68.1 Å². The lowest BCUT2D eigenvalue weighted by molar-refractivity contribution is -0.129. The van der Waals surface area contributed by atoms with E-state index in [1.54, 1.807) is 0 Å². The van der Waals surface area contributed by atoms with E-state index in [4.69, 9.17) is 5.73 Å². The third-order valence-electron chi connectivity index (χ3n) is 6.96. The molecule has 1 heteroatoms. The Morgan fingerprint density at radius 1 is 0.762 bits per heavy atom. The van der Waals surface area contributed by atoms with Crippen LogP contribution in [0.25, 0.3) is 0 Å². The first kappa shape index (κ1) is 15.8. The Labute approximate surface area is 132 Å². The molecule has 21 heavy (non-hydrogen) atoms. The molecule has 2 N–H and O–H groups in total. The summed E-state index contributed by atoms with van der Waals surface area (Å²) >= 11 is 0. The number of nitrogens with two attached hydrogens (primary N) is 1. The fraction of sp³-hybridized carbons (Fsp3) is 1.00. The SMILES string of the molecule is CCCCCC12CC3CC(N)(C1)CC(CCCCC)(C3)C2. The van der Waals surface area contributed by atoms with E-state index in [1.807, 2.05) is 0 Å². The molecule has 1 nitrogen and oxygen atoms in total. The molecule has 0 spiro atoms. The van der Waals surface area contributed by atoms with Crippen LogP contribution in [0.4, 0.5) is 0 Å². The molecular weight excluding hydrogens is 254 g/mol. The normalized spacial score (nSPS) is 44.4. The summed E-state index contributed by atoms with van der Waals surface area (Å²) < 4.78 is 0. The molecule has 2 atom stereocenters. The molecule has 4 bridgehead atoms. The van der Waals surface area contributed by atoms with Gasteiger partial charge in [-0.3, -0.25) is 0 Å². The quantitative estimate of drug-likeness (QED) is 0.561. The highest BCUT2D eigenvalue weighted by molar-refractivity contribution is 5.15. The summed E-state index contributed by atoms with van der Waals surface area (Å²) in [6, 6.07) is 0. The molecule has 122 valence electrons. The third-order valence-corrected chi connectivity index (χ3v) is 6.96. The molecule has 4 saturated carbocycles. The minimum Gasteiger partial charge on any atom is -0.325 e. The van der Waals surface area contributed by atoms with Gasteiger partial charge in [-0.25, -0.2) is 0 Å². The topological polar surface area (TPSA) is 26.0 Å². The molecule has 0 aromatic carbocycles. The first-order chi connectivity index (χ1) is 10.0. The minimum atomic E-state index is 0.220. The maximum Gasteiger partial charge on any atom is 0.0167 e. The summed E-state index contributed by atoms with van der Waals surface area (Å²) in [4.78, 5) is 0. The van der Waals surface area contributed by atoms with Crippen LogP contribution in [0.3, 0.4) is 0 Å². The van der Waals surface area contributed by atoms with Crippen molar-refractivity contribution in [2.75, 3.05) is 0 Å². The van der Waals surface area contributed by atoms with Crippen LogP contribution >= 0.6 is 0 Å². The molecule has 0 aliphatic heterocycles. The van der Waals surface area contributed by atoms with Gasteiger partial charge in [0.2, 0.25) is 0 Å². The molecule has 4 aliphatic rings. The fourth-order valence-corrected chi connectivity index (χ4v) is 6.98. The van der Waals surface area contributed by atoms with Crippen molar-refractivity contribution in [3.63, 3.8) is 0 Å². The highest BCUT2D eigenvalue weighted by Crippen LogP contribution is 2.68. The van der Waals surface area contributed by atoms with Crippen molar-refractivity contribution < 1.29 is 0 Å². The molecule has 0 heterocycles. The lowest BCUT2D eigenvalue weighted by atomic mass is 9.40. The maximum absolute atomic E-state index is 6.90. The number of hydrogen-bond acceptors (Lipinski definition) is 1. The molecule has 4 rings (SSSR count). The van der Waals surface area contributed by atoms with Gasteiger partial charge in [0.1, 0.15) is 0 Å². The van der Waals surface area contributed by atoms with E-state index in [9.17, 15) is 0 Å². The van der Waals surface area contributed by atoms with Crippen LogP contribution in [0.5, 0.6) is 0 Å². The van der Waals surface area contributed by atoms with Gasteiger partial charge < -0.3 is 5.73 Å². The van der Waals surface area contributed by atoms with E-state index >= 15 is 0 Å². The Morgan fingerprint density at radius 2 is 1.29 bits per heavy atom. The lowest BCUT2D eigenvalue weighted by Gasteiger charge is -2.66. The Balaban J connectivity index is 1.72. The van der Waals surface area contributed by atoms with Crippen LogP contribution in [0.1, 0.15) is 104 Å². The second-order valence-corrected chi connectivity index (χ2v) is 9.29. The smallest absolute Gasteiger partial charge is 0.0167 e. The summed E-state index contributed by atoms with van der Waals surface area (Å²) in [6.45, 7) is 4.66. The summed E-state index contributed by atoms with van der Waals surface area (Å²) in [5, 5.41) is 0. The van der Waals surface area contributed by atoms with Gasteiger partial charge in [-0.2, -0.15) is 0 Å². The van der Waals surface area contributed by atoms with Crippen molar-refractivity contribution in [2.45, 2.75) is 109 Å². The molecule has 2 unspecified atom stereocenters. The average molecular weight is 292 g/mol. The molecule has 0 aromatic rings. The molecule has 0 saturated heterocycles. The van der Waals surface area contributed by atoms with Crippen molar-refractivity contribution in [1.82, 2.24) is 0 Å². The highest BCUT2D eigenvalue weighted by Gasteiger charge is 2.61. The van der Waals surface area contributed by atoms with Crippen LogP contribution in [0.15, 0.2) is 0 Å². The zero-order valence-corrected chi connectivity index (χ0v) is 14.6. The number of hydrogen-bond donors (Lipinski definition) is 1. The van der Waals surface area contributed by atoms with Crippen molar-refractivity contribution in [3.8, 4) is 0 Å². The Morgan fingerprint density at radius 3 is 1.71 bits per heavy atom. The summed E-state index contributed by atoms with van der Waals surface area (Å²) in [6.07, 6.45) is 20.0. The summed E-state index contributed by atoms with van der Waals surface area (Å²) in [7, 11) is 0. The highest BCUT2D eigenvalue weighted by atomic mass is 14.8. The van der Waals surface area contributed by atoms with E-state index in [0.29, 0.717) is 10.8 Å². The van der Waals surface area contributed by atoms with Crippen molar-refractivity contribution in [1.29, 1.82) is 0 Å². The second-order valence-electron chi connectivity index (χ2n) is 9.29. The van der Waals surface area contributed by atoms with Gasteiger partial charge in [0, 0.05) is 5.54 Å². The third kappa shape index (κ3) is 3.19. The van der Waals surface area contributed by atoms with Crippen molar-refractivity contribution in [2.24, 2.45) is 22.5 Å². The van der Waals surface area contributed by atoms with E-state index in [-0.39, 0.29) is 5.54 Å².